The maximum atomic E-state index is 11.4. The molecule has 38 heavy (non-hydrogen) atoms. The first kappa shape index (κ1) is 21.3. The Labute approximate surface area is 222 Å². The van der Waals surface area contributed by atoms with Gasteiger partial charge in [-0.2, -0.15) is 0 Å². The highest BCUT2D eigenvalue weighted by Gasteiger charge is 2.18. The topological polar surface area (TPSA) is 46.0 Å². The first-order valence-corrected chi connectivity index (χ1v) is 13.4. The molecule has 6 aromatic carbocycles. The Bertz CT molecular complexity index is 2180. The number of fused-ring (bicyclic) bond motifs is 6. The van der Waals surface area contributed by atoms with Crippen molar-refractivity contribution in [2.75, 3.05) is 0 Å². The van der Waals surface area contributed by atoms with Crippen molar-refractivity contribution in [3.63, 3.8) is 0 Å². The van der Waals surface area contributed by atoms with Crippen molar-refractivity contribution in [1.82, 2.24) is 9.97 Å². The molecule has 0 aliphatic heterocycles. The van der Waals surface area contributed by atoms with Gasteiger partial charge in [0.05, 0.1) is 10.2 Å². The molecule has 0 atom stereocenters. The van der Waals surface area contributed by atoms with Crippen molar-refractivity contribution in [2.24, 2.45) is 0 Å². The Kier molecular flexibility index (Phi) is 4.54. The lowest BCUT2D eigenvalue weighted by atomic mass is 9.88. The highest BCUT2D eigenvalue weighted by atomic mass is 32.1. The fraction of sp³-hybridized carbons (Fsp3) is 0. The summed E-state index contributed by atoms with van der Waals surface area (Å²) in [7, 11) is 0. The van der Waals surface area contributed by atoms with Crippen molar-refractivity contribution >= 4 is 64.8 Å². The van der Waals surface area contributed by atoms with Crippen molar-refractivity contribution in [3.05, 3.63) is 115 Å². The zero-order valence-electron chi connectivity index (χ0n) is 20.2. The van der Waals surface area contributed by atoms with Crippen molar-refractivity contribution in [3.8, 4) is 27.4 Å². The first-order chi connectivity index (χ1) is 18.8. The highest BCUT2D eigenvalue weighted by molar-refractivity contribution is 7.21. The molecule has 0 radical (unpaired) electrons. The van der Waals surface area contributed by atoms with Crippen LogP contribution in [0.15, 0.2) is 115 Å². The van der Waals surface area contributed by atoms with Crippen LogP contribution in [0.5, 0.6) is 5.75 Å². The molecule has 2 heterocycles. The normalized spacial score (nSPS) is 11.8. The van der Waals surface area contributed by atoms with E-state index in [9.17, 15) is 5.11 Å². The fourth-order valence-electron chi connectivity index (χ4n) is 5.70. The monoisotopic (exact) mass is 504 g/mol. The standard InChI is InChI=1S/C34H20N2OS/c37-33-27(15-14-20-8-6-18-35-32(20)33)31-22-9-2-1-7-21(22)19-28-23-10-5-11-26(24(23)16-17-25(28)31)34-36-29-12-3-4-13-30(29)38-34/h1-19,37H. The van der Waals surface area contributed by atoms with Gasteiger partial charge < -0.3 is 5.11 Å². The van der Waals surface area contributed by atoms with Crippen LogP contribution < -0.4 is 0 Å². The quantitative estimate of drug-likeness (QED) is 0.188. The predicted octanol–water partition coefficient (Wildman–Crippen LogP) is 9.34. The fourth-order valence-corrected chi connectivity index (χ4v) is 6.71. The molecule has 0 aliphatic carbocycles. The van der Waals surface area contributed by atoms with Crippen molar-refractivity contribution < 1.29 is 5.11 Å². The SMILES string of the molecule is Oc1c(-c2c3ccccc3cc3c2ccc2c(-c4nc5ccccc5s4)cccc23)ccc2cccnc12. The van der Waals surface area contributed by atoms with Crippen LogP contribution in [0.2, 0.25) is 0 Å². The summed E-state index contributed by atoms with van der Waals surface area (Å²) < 4.78 is 1.19. The molecule has 0 aliphatic rings. The molecule has 4 heteroatoms. The van der Waals surface area contributed by atoms with Gasteiger partial charge in [0.2, 0.25) is 0 Å². The minimum atomic E-state index is 0.212. The number of nitrogens with zero attached hydrogens (tertiary/aromatic N) is 2. The number of rotatable bonds is 2. The summed E-state index contributed by atoms with van der Waals surface area (Å²) in [6.45, 7) is 0. The van der Waals surface area contributed by atoms with Gasteiger partial charge in [-0.15, -0.1) is 11.3 Å². The van der Waals surface area contributed by atoms with Crippen LogP contribution in [0, 0.1) is 0 Å². The number of aromatic nitrogens is 2. The molecular formula is C34H20N2OS. The molecular weight excluding hydrogens is 484 g/mol. The summed E-state index contributed by atoms with van der Waals surface area (Å²) in [5.74, 6) is 0.212. The molecule has 0 saturated heterocycles. The van der Waals surface area contributed by atoms with E-state index in [1.807, 2.05) is 30.3 Å². The van der Waals surface area contributed by atoms with Crippen LogP contribution in [-0.2, 0) is 0 Å². The number of phenolic OH excluding ortho intramolecular Hbond substituents is 1. The lowest BCUT2D eigenvalue weighted by molar-refractivity contribution is 0.482. The van der Waals surface area contributed by atoms with Crippen LogP contribution in [0.4, 0.5) is 0 Å². The minimum Gasteiger partial charge on any atom is -0.505 e. The van der Waals surface area contributed by atoms with E-state index in [1.165, 1.54) is 15.5 Å². The predicted molar refractivity (Wildman–Crippen MR) is 160 cm³/mol. The molecule has 2 aromatic heterocycles. The lowest BCUT2D eigenvalue weighted by Gasteiger charge is -2.16. The summed E-state index contributed by atoms with van der Waals surface area (Å²) in [6.07, 6.45) is 1.73. The van der Waals surface area contributed by atoms with Gasteiger partial charge in [-0.05, 0) is 62.6 Å². The number of phenols is 1. The molecule has 0 fully saturated rings. The van der Waals surface area contributed by atoms with Crippen LogP contribution in [0.3, 0.4) is 0 Å². The molecule has 0 bridgehead atoms. The van der Waals surface area contributed by atoms with Gasteiger partial charge in [0.25, 0.3) is 0 Å². The second-order valence-electron chi connectivity index (χ2n) is 9.56. The zero-order chi connectivity index (χ0) is 25.2. The van der Waals surface area contributed by atoms with Gasteiger partial charge in [0.15, 0.2) is 0 Å². The third kappa shape index (κ3) is 3.07. The largest absolute Gasteiger partial charge is 0.505 e. The molecule has 1 N–H and O–H groups in total. The van der Waals surface area contributed by atoms with E-state index in [1.54, 1.807) is 17.5 Å². The van der Waals surface area contributed by atoms with Crippen LogP contribution in [0.1, 0.15) is 0 Å². The maximum Gasteiger partial charge on any atom is 0.149 e. The van der Waals surface area contributed by atoms with E-state index < -0.39 is 0 Å². The Hall–Kier alpha value is -4.80. The molecule has 178 valence electrons. The van der Waals surface area contributed by atoms with E-state index >= 15 is 0 Å². The third-order valence-corrected chi connectivity index (χ3v) is 8.51. The van der Waals surface area contributed by atoms with E-state index in [0.29, 0.717) is 5.52 Å². The minimum absolute atomic E-state index is 0.212. The van der Waals surface area contributed by atoms with Crippen LogP contribution >= 0.6 is 11.3 Å². The number of pyridine rings is 1. The summed E-state index contributed by atoms with van der Waals surface area (Å²) in [5.41, 5.74) is 4.59. The summed E-state index contributed by atoms with van der Waals surface area (Å²) in [4.78, 5) is 9.43. The molecule has 3 nitrogen and oxygen atoms in total. The van der Waals surface area contributed by atoms with E-state index in [2.05, 4.69) is 83.8 Å². The molecule has 8 rings (SSSR count). The van der Waals surface area contributed by atoms with Gasteiger partial charge in [0.1, 0.15) is 16.3 Å². The number of aromatic hydroxyl groups is 1. The Morgan fingerprint density at radius 3 is 2.34 bits per heavy atom. The van der Waals surface area contributed by atoms with E-state index in [0.717, 1.165) is 54.1 Å². The highest BCUT2D eigenvalue weighted by Crippen LogP contribution is 2.45. The second-order valence-corrected chi connectivity index (χ2v) is 10.6. The van der Waals surface area contributed by atoms with Gasteiger partial charge in [-0.1, -0.05) is 78.9 Å². The number of benzene rings is 6. The number of hydrogen-bond acceptors (Lipinski definition) is 4. The van der Waals surface area contributed by atoms with Gasteiger partial charge in [0, 0.05) is 28.3 Å². The average Bonchev–Trinajstić information content (AvgIpc) is 3.40. The van der Waals surface area contributed by atoms with Crippen LogP contribution in [-0.4, -0.2) is 15.1 Å². The van der Waals surface area contributed by atoms with Gasteiger partial charge in [-0.3, -0.25) is 4.98 Å². The zero-order valence-corrected chi connectivity index (χ0v) is 21.0. The molecule has 0 amide bonds. The molecule has 0 spiro atoms. The Morgan fingerprint density at radius 2 is 1.39 bits per heavy atom. The average molecular weight is 505 g/mol. The van der Waals surface area contributed by atoms with Crippen LogP contribution in [0.25, 0.3) is 75.1 Å². The van der Waals surface area contributed by atoms with E-state index in [4.69, 9.17) is 4.98 Å². The number of para-hydroxylation sites is 1. The summed E-state index contributed by atoms with van der Waals surface area (Å²) >= 11 is 1.73. The van der Waals surface area contributed by atoms with Crippen molar-refractivity contribution in [2.45, 2.75) is 0 Å². The number of thiazole rings is 1. The molecule has 8 aromatic rings. The smallest absolute Gasteiger partial charge is 0.149 e. The maximum absolute atomic E-state index is 11.4. The van der Waals surface area contributed by atoms with Gasteiger partial charge in [-0.25, -0.2) is 4.98 Å². The molecule has 0 unspecified atom stereocenters. The number of hydrogen-bond donors (Lipinski definition) is 1. The third-order valence-electron chi connectivity index (χ3n) is 7.44. The lowest BCUT2D eigenvalue weighted by Crippen LogP contribution is -1.90. The Morgan fingerprint density at radius 1 is 0.579 bits per heavy atom. The van der Waals surface area contributed by atoms with Crippen molar-refractivity contribution in [1.29, 1.82) is 0 Å². The Balaban J connectivity index is 1.47. The summed E-state index contributed by atoms with van der Waals surface area (Å²) in [6, 6.07) is 37.8. The van der Waals surface area contributed by atoms with Gasteiger partial charge >= 0.3 is 0 Å². The second kappa shape index (κ2) is 8.10. The summed E-state index contributed by atoms with van der Waals surface area (Å²) in [5, 5.41) is 20.2. The molecule has 0 saturated carbocycles. The first-order valence-electron chi connectivity index (χ1n) is 12.6. The van der Waals surface area contributed by atoms with E-state index in [-0.39, 0.29) is 5.75 Å².